The average molecular weight is 181 g/mol. The highest BCUT2D eigenvalue weighted by Crippen LogP contribution is 2.31. The molecule has 0 aromatic carbocycles. The van der Waals surface area contributed by atoms with Crippen LogP contribution in [-0.2, 0) is 0 Å². The molecule has 0 N–H and O–H groups in total. The quantitative estimate of drug-likeness (QED) is 0.627. The first kappa shape index (κ1) is 10.7. The van der Waals surface area contributed by atoms with Crippen molar-refractivity contribution < 1.29 is 0 Å². The fourth-order valence-electron chi connectivity index (χ4n) is 2.50. The summed E-state index contributed by atoms with van der Waals surface area (Å²) in [4.78, 5) is 4.69. The number of hydrogen-bond acceptors (Lipinski definition) is 1. The van der Waals surface area contributed by atoms with E-state index in [1.807, 2.05) is 0 Å². The Labute approximate surface area is 82.6 Å². The first-order chi connectivity index (χ1) is 6.03. The Kier molecular flexibility index (Phi) is 3.52. The van der Waals surface area contributed by atoms with Gasteiger partial charge < -0.3 is 0 Å². The van der Waals surface area contributed by atoms with Gasteiger partial charge in [0.25, 0.3) is 0 Å². The minimum atomic E-state index is 0.209. The third-order valence-corrected chi connectivity index (χ3v) is 2.83. The predicted octanol–water partition coefficient (Wildman–Crippen LogP) is 3.83. The van der Waals surface area contributed by atoms with Crippen molar-refractivity contribution >= 4 is 5.71 Å². The molecule has 0 radical (unpaired) electrons. The van der Waals surface area contributed by atoms with Gasteiger partial charge in [0, 0.05) is 5.71 Å². The molecule has 1 heteroatoms. The van der Waals surface area contributed by atoms with Gasteiger partial charge >= 0.3 is 0 Å². The van der Waals surface area contributed by atoms with Crippen LogP contribution in [0.4, 0.5) is 0 Å². The van der Waals surface area contributed by atoms with Crippen molar-refractivity contribution in [1.82, 2.24) is 0 Å². The van der Waals surface area contributed by atoms with E-state index in [2.05, 4.69) is 32.7 Å². The molecular formula is C12H23N. The zero-order chi connectivity index (χ0) is 9.90. The number of nitrogens with zero attached hydrogens (tertiary/aromatic N) is 1. The van der Waals surface area contributed by atoms with Crippen LogP contribution >= 0.6 is 0 Å². The summed E-state index contributed by atoms with van der Waals surface area (Å²) in [5, 5.41) is 0. The summed E-state index contributed by atoms with van der Waals surface area (Å²) in [5.74, 6) is 0.896. The fraction of sp³-hybridized carbons (Fsp3) is 0.917. The minimum absolute atomic E-state index is 0.209. The molecule has 76 valence electrons. The number of hydrogen-bond donors (Lipinski definition) is 0. The monoisotopic (exact) mass is 181 g/mol. The van der Waals surface area contributed by atoms with E-state index < -0.39 is 0 Å². The number of unbranched alkanes of at least 4 members (excludes halogenated alkanes) is 1. The van der Waals surface area contributed by atoms with Gasteiger partial charge in [0.2, 0.25) is 0 Å². The van der Waals surface area contributed by atoms with Crippen molar-refractivity contribution in [3.63, 3.8) is 0 Å². The number of aliphatic imine (C=N–C) groups is 1. The molecule has 0 bridgehead atoms. The first-order valence-corrected chi connectivity index (χ1v) is 5.59. The molecule has 1 aliphatic heterocycles. The highest BCUT2D eigenvalue weighted by molar-refractivity contribution is 5.83. The Morgan fingerprint density at radius 1 is 1.46 bits per heavy atom. The van der Waals surface area contributed by atoms with Crippen molar-refractivity contribution in [3.05, 3.63) is 0 Å². The summed E-state index contributed by atoms with van der Waals surface area (Å²) in [6.07, 6.45) is 6.63. The standard InChI is InChI=1S/C12H23N/c1-5-6-7-11-8-10(2)13-12(3,4)9-11/h11H,5-9H2,1-4H3. The first-order valence-electron chi connectivity index (χ1n) is 5.59. The van der Waals surface area contributed by atoms with Crippen molar-refractivity contribution in [1.29, 1.82) is 0 Å². The van der Waals surface area contributed by atoms with E-state index in [0.29, 0.717) is 0 Å². The molecule has 1 aliphatic rings. The Balaban J connectivity index is 2.49. The van der Waals surface area contributed by atoms with Crippen LogP contribution in [0.3, 0.4) is 0 Å². The molecule has 0 saturated carbocycles. The summed E-state index contributed by atoms with van der Waals surface area (Å²) >= 11 is 0. The topological polar surface area (TPSA) is 12.4 Å². The summed E-state index contributed by atoms with van der Waals surface area (Å²) < 4.78 is 0. The van der Waals surface area contributed by atoms with Crippen molar-refractivity contribution in [2.75, 3.05) is 0 Å². The van der Waals surface area contributed by atoms with Gasteiger partial charge in [-0.3, -0.25) is 4.99 Å². The van der Waals surface area contributed by atoms with Gasteiger partial charge in [0.1, 0.15) is 0 Å². The molecule has 13 heavy (non-hydrogen) atoms. The highest BCUT2D eigenvalue weighted by Gasteiger charge is 2.26. The van der Waals surface area contributed by atoms with E-state index in [9.17, 15) is 0 Å². The van der Waals surface area contributed by atoms with Gasteiger partial charge in [-0.15, -0.1) is 0 Å². The highest BCUT2D eigenvalue weighted by atomic mass is 14.9. The van der Waals surface area contributed by atoms with Gasteiger partial charge in [-0.1, -0.05) is 26.2 Å². The van der Waals surface area contributed by atoms with E-state index in [4.69, 9.17) is 0 Å². The van der Waals surface area contributed by atoms with Gasteiger partial charge in [-0.25, -0.2) is 0 Å². The van der Waals surface area contributed by atoms with Crippen LogP contribution in [0.15, 0.2) is 4.99 Å². The fourth-order valence-corrected chi connectivity index (χ4v) is 2.50. The van der Waals surface area contributed by atoms with Crippen LogP contribution in [0.25, 0.3) is 0 Å². The Bertz CT molecular complexity index is 191. The third kappa shape index (κ3) is 3.50. The van der Waals surface area contributed by atoms with Gasteiger partial charge in [0.15, 0.2) is 0 Å². The maximum atomic E-state index is 4.69. The molecule has 0 saturated heterocycles. The Morgan fingerprint density at radius 3 is 2.69 bits per heavy atom. The van der Waals surface area contributed by atoms with Crippen molar-refractivity contribution in [2.24, 2.45) is 10.9 Å². The van der Waals surface area contributed by atoms with E-state index >= 15 is 0 Å². The smallest absolute Gasteiger partial charge is 0.0554 e. The maximum absolute atomic E-state index is 4.69. The van der Waals surface area contributed by atoms with Crippen LogP contribution < -0.4 is 0 Å². The van der Waals surface area contributed by atoms with Crippen LogP contribution in [0.5, 0.6) is 0 Å². The van der Waals surface area contributed by atoms with Crippen LogP contribution in [0.2, 0.25) is 0 Å². The molecule has 0 spiro atoms. The normalized spacial score (nSPS) is 27.1. The van der Waals surface area contributed by atoms with Gasteiger partial charge in [-0.2, -0.15) is 0 Å². The molecule has 1 unspecified atom stereocenters. The lowest BCUT2D eigenvalue weighted by atomic mass is 9.82. The maximum Gasteiger partial charge on any atom is 0.0554 e. The average Bonchev–Trinajstić information content (AvgIpc) is 1.97. The second-order valence-corrected chi connectivity index (χ2v) is 5.08. The lowest BCUT2D eigenvalue weighted by molar-refractivity contribution is 0.327. The molecule has 1 heterocycles. The molecule has 0 aromatic heterocycles. The molecule has 0 aromatic rings. The molecule has 1 nitrogen and oxygen atoms in total. The molecule has 1 rings (SSSR count). The zero-order valence-electron chi connectivity index (χ0n) is 9.56. The van der Waals surface area contributed by atoms with E-state index in [1.165, 1.54) is 37.8 Å². The lowest BCUT2D eigenvalue weighted by Gasteiger charge is -2.32. The second-order valence-electron chi connectivity index (χ2n) is 5.08. The summed E-state index contributed by atoms with van der Waals surface area (Å²) in [7, 11) is 0. The third-order valence-electron chi connectivity index (χ3n) is 2.83. The molecule has 0 fully saturated rings. The Morgan fingerprint density at radius 2 is 2.15 bits per heavy atom. The summed E-state index contributed by atoms with van der Waals surface area (Å²) in [6, 6.07) is 0. The lowest BCUT2D eigenvalue weighted by Crippen LogP contribution is -2.29. The van der Waals surface area contributed by atoms with Crippen molar-refractivity contribution in [3.8, 4) is 0 Å². The Hall–Kier alpha value is -0.330. The zero-order valence-corrected chi connectivity index (χ0v) is 9.56. The summed E-state index contributed by atoms with van der Waals surface area (Å²) in [5.41, 5.74) is 1.57. The van der Waals surface area contributed by atoms with Gasteiger partial charge in [-0.05, 0) is 39.5 Å². The second kappa shape index (κ2) is 4.26. The van der Waals surface area contributed by atoms with Crippen LogP contribution in [0.1, 0.15) is 59.8 Å². The van der Waals surface area contributed by atoms with E-state index in [-0.39, 0.29) is 5.54 Å². The van der Waals surface area contributed by atoms with E-state index in [0.717, 1.165) is 5.92 Å². The molecule has 0 aliphatic carbocycles. The van der Waals surface area contributed by atoms with Crippen LogP contribution in [0, 0.1) is 5.92 Å². The largest absolute Gasteiger partial charge is 0.288 e. The SMILES string of the molecule is CCCCC1CC(C)=NC(C)(C)C1. The molecular weight excluding hydrogens is 158 g/mol. The van der Waals surface area contributed by atoms with Crippen molar-refractivity contribution in [2.45, 2.75) is 65.3 Å². The summed E-state index contributed by atoms with van der Waals surface area (Å²) in [6.45, 7) is 8.97. The van der Waals surface area contributed by atoms with Crippen LogP contribution in [-0.4, -0.2) is 11.3 Å². The van der Waals surface area contributed by atoms with Gasteiger partial charge in [0.05, 0.1) is 5.54 Å². The molecule has 0 amide bonds. The predicted molar refractivity (Wildman–Crippen MR) is 59.4 cm³/mol. The number of rotatable bonds is 3. The minimum Gasteiger partial charge on any atom is -0.288 e. The van der Waals surface area contributed by atoms with E-state index in [1.54, 1.807) is 0 Å². The molecule has 1 atom stereocenters.